The monoisotopic (exact) mass is 350 g/mol. The molecule has 1 saturated carbocycles. The Labute approximate surface area is 142 Å². The molecule has 0 N–H and O–H groups in total. The van der Waals surface area contributed by atoms with E-state index in [0.717, 1.165) is 12.8 Å². The molecule has 0 amide bonds. The topological polar surface area (TPSA) is 43.4 Å². The van der Waals surface area contributed by atoms with Gasteiger partial charge in [0.2, 0.25) is 0 Å². The van der Waals surface area contributed by atoms with Crippen LogP contribution in [0.2, 0.25) is 0 Å². The molecule has 0 radical (unpaired) electrons. The Kier molecular flexibility index (Phi) is 8.23. The van der Waals surface area contributed by atoms with Gasteiger partial charge in [-0.25, -0.2) is 0 Å². The van der Waals surface area contributed by atoms with E-state index in [0.29, 0.717) is 18.8 Å². The Hall–Kier alpha value is -1.07. The number of carbonyl (C=O) groups is 2. The van der Waals surface area contributed by atoms with Crippen LogP contribution in [-0.2, 0) is 14.3 Å². The zero-order valence-corrected chi connectivity index (χ0v) is 14.8. The maximum absolute atomic E-state index is 12.6. The molecule has 0 spiro atoms. The SMILES string of the molecule is CCCC(=O)C(CCC(F)(F)F)C(CC1CC1)C(=O)OCC(C)C. The van der Waals surface area contributed by atoms with Gasteiger partial charge in [-0.15, -0.1) is 0 Å². The molecule has 0 aromatic rings. The van der Waals surface area contributed by atoms with Crippen LogP contribution in [0.3, 0.4) is 0 Å². The Morgan fingerprint density at radius 2 is 1.79 bits per heavy atom. The van der Waals surface area contributed by atoms with E-state index in [1.807, 2.05) is 20.8 Å². The van der Waals surface area contributed by atoms with E-state index >= 15 is 0 Å². The van der Waals surface area contributed by atoms with Crippen molar-refractivity contribution in [2.75, 3.05) is 6.61 Å². The number of alkyl halides is 3. The molecule has 2 unspecified atom stereocenters. The molecule has 2 atom stereocenters. The normalized spacial score (nSPS) is 17.6. The average Bonchev–Trinajstić information content (AvgIpc) is 3.26. The Balaban J connectivity index is 2.85. The second-order valence-corrected chi connectivity index (χ2v) is 7.29. The number of carbonyl (C=O) groups excluding carboxylic acids is 2. The zero-order chi connectivity index (χ0) is 18.3. The summed E-state index contributed by atoms with van der Waals surface area (Å²) in [5.41, 5.74) is 0. The van der Waals surface area contributed by atoms with Gasteiger partial charge < -0.3 is 4.74 Å². The van der Waals surface area contributed by atoms with E-state index in [9.17, 15) is 22.8 Å². The molecule has 0 saturated heterocycles. The van der Waals surface area contributed by atoms with Crippen LogP contribution < -0.4 is 0 Å². The van der Waals surface area contributed by atoms with Crippen molar-refractivity contribution in [2.24, 2.45) is 23.7 Å². The standard InChI is InChI=1S/C18H29F3O3/c1-4-5-16(22)14(8-9-18(19,20)21)15(10-13-6-7-13)17(23)24-11-12(2)3/h12-15H,4-11H2,1-3H3. The molecule has 140 valence electrons. The lowest BCUT2D eigenvalue weighted by atomic mass is 9.80. The van der Waals surface area contributed by atoms with Crippen LogP contribution in [0.1, 0.15) is 65.7 Å². The van der Waals surface area contributed by atoms with Gasteiger partial charge in [-0.3, -0.25) is 9.59 Å². The summed E-state index contributed by atoms with van der Waals surface area (Å²) < 4.78 is 43.2. The number of hydrogen-bond acceptors (Lipinski definition) is 3. The minimum atomic E-state index is -4.32. The number of ether oxygens (including phenoxy) is 1. The lowest BCUT2D eigenvalue weighted by molar-refractivity contribution is -0.158. The first-order valence-electron chi connectivity index (χ1n) is 8.90. The third kappa shape index (κ3) is 8.15. The zero-order valence-electron chi connectivity index (χ0n) is 14.8. The summed E-state index contributed by atoms with van der Waals surface area (Å²) in [6.07, 6.45) is -2.49. The fourth-order valence-corrected chi connectivity index (χ4v) is 2.83. The third-order valence-electron chi connectivity index (χ3n) is 4.28. The van der Waals surface area contributed by atoms with Gasteiger partial charge in [0.15, 0.2) is 0 Å². The van der Waals surface area contributed by atoms with Gasteiger partial charge in [0.05, 0.1) is 12.5 Å². The van der Waals surface area contributed by atoms with E-state index in [-0.39, 0.29) is 31.1 Å². The largest absolute Gasteiger partial charge is 0.465 e. The van der Waals surface area contributed by atoms with Crippen LogP contribution >= 0.6 is 0 Å². The molecule has 0 aliphatic heterocycles. The first-order valence-corrected chi connectivity index (χ1v) is 8.90. The minimum absolute atomic E-state index is 0.149. The van der Waals surface area contributed by atoms with Crippen LogP contribution in [0.4, 0.5) is 13.2 Å². The summed E-state index contributed by atoms with van der Waals surface area (Å²) in [6, 6.07) is 0. The van der Waals surface area contributed by atoms with Crippen LogP contribution in [0.15, 0.2) is 0 Å². The quantitative estimate of drug-likeness (QED) is 0.496. The lowest BCUT2D eigenvalue weighted by Crippen LogP contribution is -2.33. The third-order valence-corrected chi connectivity index (χ3v) is 4.28. The predicted molar refractivity (Wildman–Crippen MR) is 85.3 cm³/mol. The molecular weight excluding hydrogens is 321 g/mol. The van der Waals surface area contributed by atoms with E-state index < -0.39 is 30.4 Å². The van der Waals surface area contributed by atoms with Gasteiger partial charge >= 0.3 is 12.1 Å². The summed E-state index contributed by atoms with van der Waals surface area (Å²) >= 11 is 0. The van der Waals surface area contributed by atoms with E-state index in [1.165, 1.54) is 0 Å². The molecule has 1 aliphatic carbocycles. The molecule has 6 heteroatoms. The van der Waals surface area contributed by atoms with Gasteiger partial charge in [-0.05, 0) is 31.1 Å². The minimum Gasteiger partial charge on any atom is -0.465 e. The highest BCUT2D eigenvalue weighted by atomic mass is 19.4. The number of Topliss-reactive ketones (excluding diaryl/α,β-unsaturated/α-hetero) is 1. The fourth-order valence-electron chi connectivity index (χ4n) is 2.83. The van der Waals surface area contributed by atoms with Crippen LogP contribution in [0, 0.1) is 23.7 Å². The second kappa shape index (κ2) is 9.42. The first kappa shape index (κ1) is 21.0. The summed E-state index contributed by atoms with van der Waals surface area (Å²) in [7, 11) is 0. The molecule has 0 bridgehead atoms. The van der Waals surface area contributed by atoms with Gasteiger partial charge in [0, 0.05) is 18.8 Å². The van der Waals surface area contributed by atoms with E-state index in [1.54, 1.807) is 0 Å². The molecule has 0 heterocycles. The van der Waals surface area contributed by atoms with Crippen LogP contribution in [0.5, 0.6) is 0 Å². The van der Waals surface area contributed by atoms with Gasteiger partial charge in [-0.2, -0.15) is 13.2 Å². The summed E-state index contributed by atoms with van der Waals surface area (Å²) in [5.74, 6) is -1.88. The molecular formula is C18H29F3O3. The highest BCUT2D eigenvalue weighted by Gasteiger charge is 2.40. The van der Waals surface area contributed by atoms with E-state index in [4.69, 9.17) is 4.74 Å². The molecule has 0 aromatic carbocycles. The smallest absolute Gasteiger partial charge is 0.389 e. The summed E-state index contributed by atoms with van der Waals surface area (Å²) in [6.45, 7) is 5.83. The number of hydrogen-bond donors (Lipinski definition) is 0. The highest BCUT2D eigenvalue weighted by molar-refractivity contribution is 5.86. The van der Waals surface area contributed by atoms with Crippen molar-refractivity contribution in [3.63, 3.8) is 0 Å². The maximum atomic E-state index is 12.6. The number of rotatable bonds is 11. The number of ketones is 1. The first-order chi connectivity index (χ1) is 11.1. The molecule has 1 rings (SSSR count). The van der Waals surface area contributed by atoms with Gasteiger partial charge in [0.25, 0.3) is 0 Å². The number of halogens is 3. The fraction of sp³-hybridized carbons (Fsp3) is 0.889. The predicted octanol–water partition coefficient (Wildman–Crippen LogP) is 4.93. The molecule has 24 heavy (non-hydrogen) atoms. The van der Waals surface area contributed by atoms with Crippen molar-refractivity contribution >= 4 is 11.8 Å². The Morgan fingerprint density at radius 3 is 2.25 bits per heavy atom. The average molecular weight is 350 g/mol. The van der Waals surface area contributed by atoms with Crippen molar-refractivity contribution in [1.82, 2.24) is 0 Å². The Bertz CT molecular complexity index is 414. The summed E-state index contributed by atoms with van der Waals surface area (Å²) in [5, 5.41) is 0. The van der Waals surface area contributed by atoms with Crippen LogP contribution in [-0.4, -0.2) is 24.5 Å². The van der Waals surface area contributed by atoms with Crippen molar-refractivity contribution in [1.29, 1.82) is 0 Å². The van der Waals surface area contributed by atoms with Crippen molar-refractivity contribution in [3.05, 3.63) is 0 Å². The van der Waals surface area contributed by atoms with Gasteiger partial charge in [-0.1, -0.05) is 33.6 Å². The van der Waals surface area contributed by atoms with Gasteiger partial charge in [0.1, 0.15) is 5.78 Å². The Morgan fingerprint density at radius 1 is 1.17 bits per heavy atom. The molecule has 0 aromatic heterocycles. The van der Waals surface area contributed by atoms with Crippen molar-refractivity contribution in [2.45, 2.75) is 71.9 Å². The second-order valence-electron chi connectivity index (χ2n) is 7.29. The van der Waals surface area contributed by atoms with E-state index in [2.05, 4.69) is 0 Å². The molecule has 3 nitrogen and oxygen atoms in total. The summed E-state index contributed by atoms with van der Waals surface area (Å²) in [4.78, 5) is 24.8. The highest BCUT2D eigenvalue weighted by Crippen LogP contribution is 2.40. The maximum Gasteiger partial charge on any atom is 0.389 e. The molecule has 1 fully saturated rings. The lowest BCUT2D eigenvalue weighted by Gasteiger charge is -2.25. The van der Waals surface area contributed by atoms with Crippen LogP contribution in [0.25, 0.3) is 0 Å². The molecule has 1 aliphatic rings. The van der Waals surface area contributed by atoms with Crippen molar-refractivity contribution in [3.8, 4) is 0 Å². The number of esters is 1. The van der Waals surface area contributed by atoms with Crippen molar-refractivity contribution < 1.29 is 27.5 Å².